The van der Waals surface area contributed by atoms with Crippen molar-refractivity contribution in [2.45, 2.75) is 37.6 Å². The summed E-state index contributed by atoms with van der Waals surface area (Å²) in [6, 6.07) is 1.83. The van der Waals surface area contributed by atoms with Crippen molar-refractivity contribution in [2.24, 2.45) is 0 Å². The number of hydrogen-bond acceptors (Lipinski definition) is 6. The van der Waals surface area contributed by atoms with Gasteiger partial charge in [0.05, 0.1) is 25.5 Å². The summed E-state index contributed by atoms with van der Waals surface area (Å²) in [5, 5.41) is 5.53. The Kier molecular flexibility index (Phi) is 4.47. The highest BCUT2D eigenvalue weighted by molar-refractivity contribution is 7.13. The van der Waals surface area contributed by atoms with Gasteiger partial charge >= 0.3 is 5.97 Å². The van der Waals surface area contributed by atoms with Crippen LogP contribution in [0.5, 0.6) is 0 Å². The zero-order valence-corrected chi connectivity index (χ0v) is 13.6. The maximum absolute atomic E-state index is 12.3. The fourth-order valence-corrected chi connectivity index (χ4v) is 3.74. The highest BCUT2D eigenvalue weighted by atomic mass is 32.1. The van der Waals surface area contributed by atoms with Gasteiger partial charge in [0.25, 0.3) is 0 Å². The molecule has 1 aliphatic carbocycles. The molecule has 0 aromatic carbocycles. The summed E-state index contributed by atoms with van der Waals surface area (Å²) in [6.07, 6.45) is 6.43. The summed E-state index contributed by atoms with van der Waals surface area (Å²) in [7, 11) is 1.35. The molecule has 0 bridgehead atoms. The Bertz CT molecular complexity index is 687. The predicted octanol–water partition coefficient (Wildman–Crippen LogP) is 2.55. The number of nitrogens with zero attached hydrogens (tertiary/aromatic N) is 1. The molecule has 0 atom stereocenters. The van der Waals surface area contributed by atoms with Crippen molar-refractivity contribution in [1.29, 1.82) is 0 Å². The van der Waals surface area contributed by atoms with Crippen LogP contribution in [0.25, 0.3) is 10.6 Å². The fourth-order valence-electron chi connectivity index (χ4n) is 2.94. The first kappa shape index (κ1) is 15.7. The number of esters is 1. The van der Waals surface area contributed by atoms with Crippen molar-refractivity contribution in [1.82, 2.24) is 10.3 Å². The minimum atomic E-state index is -0.866. The van der Waals surface area contributed by atoms with Crippen LogP contribution in [0.4, 0.5) is 0 Å². The lowest BCUT2D eigenvalue weighted by molar-refractivity contribution is -0.150. The third-order valence-corrected chi connectivity index (χ3v) is 5.01. The van der Waals surface area contributed by atoms with E-state index < -0.39 is 5.54 Å². The van der Waals surface area contributed by atoms with Gasteiger partial charge in [-0.2, -0.15) is 0 Å². The Hall–Kier alpha value is -2.15. The molecule has 3 rings (SSSR count). The third-order valence-electron chi connectivity index (χ3n) is 4.07. The van der Waals surface area contributed by atoms with Crippen LogP contribution in [0.2, 0.25) is 0 Å². The molecule has 1 N–H and O–H groups in total. The maximum atomic E-state index is 12.3. The van der Waals surface area contributed by atoms with Gasteiger partial charge in [0.2, 0.25) is 5.91 Å². The second-order valence-electron chi connectivity index (χ2n) is 5.66. The summed E-state index contributed by atoms with van der Waals surface area (Å²) in [4.78, 5) is 28.8. The van der Waals surface area contributed by atoms with Crippen LogP contribution in [-0.4, -0.2) is 29.5 Å². The molecular weight excluding hydrogens is 316 g/mol. The topological polar surface area (TPSA) is 81.4 Å². The van der Waals surface area contributed by atoms with E-state index in [0.29, 0.717) is 18.5 Å². The van der Waals surface area contributed by atoms with E-state index in [-0.39, 0.29) is 18.3 Å². The van der Waals surface area contributed by atoms with Gasteiger partial charge in [-0.1, -0.05) is 12.8 Å². The van der Waals surface area contributed by atoms with E-state index in [1.807, 2.05) is 11.4 Å². The van der Waals surface area contributed by atoms with Gasteiger partial charge in [0.15, 0.2) is 0 Å². The van der Waals surface area contributed by atoms with Crippen LogP contribution >= 0.6 is 11.3 Å². The number of aromatic nitrogens is 1. The van der Waals surface area contributed by atoms with Gasteiger partial charge in [0, 0.05) is 10.9 Å². The zero-order valence-electron chi connectivity index (χ0n) is 12.8. The van der Waals surface area contributed by atoms with E-state index >= 15 is 0 Å². The van der Waals surface area contributed by atoms with Crippen LogP contribution in [0.15, 0.2) is 28.4 Å². The third kappa shape index (κ3) is 3.29. The molecule has 23 heavy (non-hydrogen) atoms. The van der Waals surface area contributed by atoms with E-state index in [1.54, 1.807) is 12.5 Å². The summed E-state index contributed by atoms with van der Waals surface area (Å²) >= 11 is 1.46. The van der Waals surface area contributed by atoms with Crippen molar-refractivity contribution >= 4 is 23.2 Å². The van der Waals surface area contributed by atoms with E-state index in [9.17, 15) is 9.59 Å². The molecule has 7 heteroatoms. The molecule has 0 radical (unpaired) electrons. The quantitative estimate of drug-likeness (QED) is 0.850. The first-order valence-electron chi connectivity index (χ1n) is 7.49. The number of methoxy groups -OCH3 is 1. The lowest BCUT2D eigenvalue weighted by atomic mass is 9.97. The average Bonchev–Trinajstić information content (AvgIpc) is 3.27. The molecule has 2 aromatic rings. The predicted molar refractivity (Wildman–Crippen MR) is 84.9 cm³/mol. The number of carbonyl (C=O) groups is 2. The molecule has 1 aliphatic rings. The largest absolute Gasteiger partial charge is 0.472 e. The molecule has 0 saturated heterocycles. The highest BCUT2D eigenvalue weighted by Gasteiger charge is 2.43. The number of rotatable bonds is 5. The molecule has 0 aliphatic heterocycles. The SMILES string of the molecule is COC(=O)C1(NC(=O)Cc2csc(-c3ccoc3)n2)CCCC1. The van der Waals surface area contributed by atoms with E-state index in [0.717, 1.165) is 23.4 Å². The molecule has 1 saturated carbocycles. The Labute approximate surface area is 137 Å². The smallest absolute Gasteiger partial charge is 0.331 e. The van der Waals surface area contributed by atoms with E-state index in [2.05, 4.69) is 10.3 Å². The molecule has 0 unspecified atom stereocenters. The van der Waals surface area contributed by atoms with Crippen LogP contribution < -0.4 is 5.32 Å². The van der Waals surface area contributed by atoms with Crippen molar-refractivity contribution in [3.63, 3.8) is 0 Å². The van der Waals surface area contributed by atoms with Gasteiger partial charge < -0.3 is 14.5 Å². The van der Waals surface area contributed by atoms with Crippen LogP contribution in [0, 0.1) is 0 Å². The Morgan fingerprint density at radius 3 is 2.87 bits per heavy atom. The first-order chi connectivity index (χ1) is 11.1. The van der Waals surface area contributed by atoms with Gasteiger partial charge in [-0.25, -0.2) is 9.78 Å². The molecule has 122 valence electrons. The minimum absolute atomic E-state index is 0.146. The normalized spacial score (nSPS) is 16.2. The standard InChI is InChI=1S/C16H18N2O4S/c1-21-15(20)16(5-2-3-6-16)18-13(19)8-12-10-23-14(17-12)11-4-7-22-9-11/h4,7,9-10H,2-3,5-6,8H2,1H3,(H,18,19). The van der Waals surface area contributed by atoms with Crippen molar-refractivity contribution in [2.75, 3.05) is 7.11 Å². The average molecular weight is 334 g/mol. The van der Waals surface area contributed by atoms with Crippen LogP contribution in [0.3, 0.4) is 0 Å². The number of ether oxygens (including phenoxy) is 1. The van der Waals surface area contributed by atoms with Crippen molar-refractivity contribution in [3.05, 3.63) is 29.7 Å². The monoisotopic (exact) mass is 334 g/mol. The second kappa shape index (κ2) is 6.54. The lowest BCUT2D eigenvalue weighted by Gasteiger charge is -2.27. The highest BCUT2D eigenvalue weighted by Crippen LogP contribution is 2.31. The number of nitrogens with one attached hydrogen (secondary N) is 1. The minimum Gasteiger partial charge on any atom is -0.472 e. The molecule has 1 fully saturated rings. The van der Waals surface area contributed by atoms with Gasteiger partial charge in [0.1, 0.15) is 16.8 Å². The fraction of sp³-hybridized carbons (Fsp3) is 0.438. The number of amides is 1. The number of carbonyl (C=O) groups excluding carboxylic acids is 2. The molecular formula is C16H18N2O4S. The molecule has 1 amide bonds. The molecule has 6 nitrogen and oxygen atoms in total. The maximum Gasteiger partial charge on any atom is 0.331 e. The zero-order chi connectivity index (χ0) is 16.3. The van der Waals surface area contributed by atoms with Gasteiger partial charge in [-0.3, -0.25) is 4.79 Å². The summed E-state index contributed by atoms with van der Waals surface area (Å²) < 4.78 is 9.90. The second-order valence-corrected chi connectivity index (χ2v) is 6.52. The Balaban J connectivity index is 1.66. The summed E-state index contributed by atoms with van der Waals surface area (Å²) in [6.45, 7) is 0. The van der Waals surface area contributed by atoms with Crippen molar-refractivity contribution in [3.8, 4) is 10.6 Å². The van der Waals surface area contributed by atoms with Crippen molar-refractivity contribution < 1.29 is 18.7 Å². The van der Waals surface area contributed by atoms with Gasteiger partial charge in [-0.05, 0) is 18.9 Å². The Morgan fingerprint density at radius 1 is 1.43 bits per heavy atom. The van der Waals surface area contributed by atoms with Crippen LogP contribution in [0.1, 0.15) is 31.4 Å². The Morgan fingerprint density at radius 2 is 2.22 bits per heavy atom. The lowest BCUT2D eigenvalue weighted by Crippen LogP contribution is -2.53. The first-order valence-corrected chi connectivity index (χ1v) is 8.37. The number of hydrogen-bond donors (Lipinski definition) is 1. The summed E-state index contributed by atoms with van der Waals surface area (Å²) in [5.41, 5.74) is 0.708. The van der Waals surface area contributed by atoms with Gasteiger partial charge in [-0.15, -0.1) is 11.3 Å². The molecule has 2 heterocycles. The van der Waals surface area contributed by atoms with Crippen LogP contribution in [-0.2, 0) is 20.7 Å². The van der Waals surface area contributed by atoms with E-state index in [4.69, 9.17) is 9.15 Å². The summed E-state index contributed by atoms with van der Waals surface area (Å²) in [5.74, 6) is -0.568. The molecule has 2 aromatic heterocycles. The molecule has 0 spiro atoms. The van der Waals surface area contributed by atoms with E-state index in [1.165, 1.54) is 18.4 Å². The number of furan rings is 1. The number of thiazole rings is 1.